The molecule has 0 aliphatic carbocycles. The minimum absolute atomic E-state index is 0.175. The lowest BCUT2D eigenvalue weighted by molar-refractivity contribution is -0.111. The van der Waals surface area contributed by atoms with Crippen molar-refractivity contribution in [3.8, 4) is 0 Å². The Balaban J connectivity index is 1.94. The first-order valence-corrected chi connectivity index (χ1v) is 6.08. The van der Waals surface area contributed by atoms with Crippen LogP contribution in [-0.2, 0) is 4.79 Å². The predicted octanol–water partition coefficient (Wildman–Crippen LogP) is 2.89. The molecule has 0 aliphatic heterocycles. The van der Waals surface area contributed by atoms with Crippen molar-refractivity contribution in [1.82, 2.24) is 10.2 Å². The number of aromatic amines is 1. The van der Waals surface area contributed by atoms with Gasteiger partial charge < -0.3 is 5.32 Å². The minimum atomic E-state index is -0.175. The lowest BCUT2D eigenvalue weighted by atomic mass is 10.4. The second-order valence-electron chi connectivity index (χ2n) is 2.95. The van der Waals surface area contributed by atoms with Gasteiger partial charge in [-0.3, -0.25) is 9.89 Å². The Hall–Kier alpha value is -1.40. The van der Waals surface area contributed by atoms with Crippen LogP contribution in [0.15, 0.2) is 34.4 Å². The highest BCUT2D eigenvalue weighted by molar-refractivity contribution is 9.11. The molecule has 0 atom stereocenters. The molecular weight excluding hydrogens is 290 g/mol. The van der Waals surface area contributed by atoms with Crippen LogP contribution in [0.1, 0.15) is 4.88 Å². The summed E-state index contributed by atoms with van der Waals surface area (Å²) in [5, 5.41) is 9.02. The largest absolute Gasteiger partial charge is 0.320 e. The molecule has 1 amide bonds. The van der Waals surface area contributed by atoms with Crippen LogP contribution < -0.4 is 5.32 Å². The first kappa shape index (κ1) is 11.1. The Morgan fingerprint density at radius 1 is 1.56 bits per heavy atom. The van der Waals surface area contributed by atoms with Gasteiger partial charge in [-0.1, -0.05) is 0 Å². The van der Waals surface area contributed by atoms with Crippen LogP contribution in [0.3, 0.4) is 0 Å². The molecule has 0 spiro atoms. The van der Waals surface area contributed by atoms with E-state index in [0.717, 1.165) is 8.66 Å². The number of thiophene rings is 1. The average Bonchev–Trinajstić information content (AvgIpc) is 2.87. The Labute approximate surface area is 105 Å². The molecule has 0 fully saturated rings. The smallest absolute Gasteiger partial charge is 0.248 e. The van der Waals surface area contributed by atoms with Crippen molar-refractivity contribution < 1.29 is 4.79 Å². The zero-order chi connectivity index (χ0) is 11.4. The van der Waals surface area contributed by atoms with E-state index in [9.17, 15) is 4.79 Å². The van der Waals surface area contributed by atoms with Gasteiger partial charge in [0.05, 0.1) is 15.7 Å². The van der Waals surface area contributed by atoms with E-state index in [4.69, 9.17) is 0 Å². The number of anilines is 1. The van der Waals surface area contributed by atoms with Crippen molar-refractivity contribution in [2.75, 3.05) is 5.32 Å². The van der Waals surface area contributed by atoms with E-state index in [2.05, 4.69) is 31.4 Å². The van der Waals surface area contributed by atoms with Crippen LogP contribution in [0, 0.1) is 0 Å². The Kier molecular flexibility index (Phi) is 3.53. The molecule has 6 heteroatoms. The van der Waals surface area contributed by atoms with Gasteiger partial charge in [0.1, 0.15) is 0 Å². The zero-order valence-corrected chi connectivity index (χ0v) is 10.5. The summed E-state index contributed by atoms with van der Waals surface area (Å²) in [6.07, 6.45) is 6.43. The van der Waals surface area contributed by atoms with Crippen LogP contribution in [0.2, 0.25) is 0 Å². The number of hydrogen-bond acceptors (Lipinski definition) is 3. The van der Waals surface area contributed by atoms with Crippen LogP contribution in [0.5, 0.6) is 0 Å². The molecule has 0 saturated heterocycles. The van der Waals surface area contributed by atoms with E-state index in [1.807, 2.05) is 12.1 Å². The normalized spacial score (nSPS) is 10.8. The molecule has 0 unspecified atom stereocenters. The zero-order valence-electron chi connectivity index (χ0n) is 8.11. The van der Waals surface area contributed by atoms with E-state index in [-0.39, 0.29) is 5.91 Å². The predicted molar refractivity (Wildman–Crippen MR) is 68.3 cm³/mol. The van der Waals surface area contributed by atoms with Crippen LogP contribution in [0.4, 0.5) is 5.69 Å². The van der Waals surface area contributed by atoms with Crippen molar-refractivity contribution in [3.05, 3.63) is 39.3 Å². The van der Waals surface area contributed by atoms with E-state index in [0.29, 0.717) is 5.69 Å². The lowest BCUT2D eigenvalue weighted by Crippen LogP contribution is -2.06. The summed E-state index contributed by atoms with van der Waals surface area (Å²) in [5.74, 6) is -0.175. The topological polar surface area (TPSA) is 57.8 Å². The first-order chi connectivity index (χ1) is 7.74. The molecular formula is C10H8BrN3OS. The molecule has 0 radical (unpaired) electrons. The Bertz CT molecular complexity index is 504. The summed E-state index contributed by atoms with van der Waals surface area (Å²) in [7, 11) is 0. The first-order valence-electron chi connectivity index (χ1n) is 4.47. The number of amides is 1. The summed E-state index contributed by atoms with van der Waals surface area (Å²) in [5.41, 5.74) is 0.655. The Morgan fingerprint density at radius 3 is 3.06 bits per heavy atom. The van der Waals surface area contributed by atoms with E-state index in [1.54, 1.807) is 29.8 Å². The average molecular weight is 298 g/mol. The number of nitrogens with zero attached hydrogens (tertiary/aromatic N) is 1. The summed E-state index contributed by atoms with van der Waals surface area (Å²) in [6, 6.07) is 3.88. The third kappa shape index (κ3) is 3.04. The fourth-order valence-corrected chi connectivity index (χ4v) is 2.41. The maximum Gasteiger partial charge on any atom is 0.248 e. The molecule has 0 bridgehead atoms. The SMILES string of the molecule is O=C(/C=C/c1ccc(Br)s1)Nc1cn[nH]c1. The van der Waals surface area contributed by atoms with Crippen LogP contribution in [0.25, 0.3) is 6.08 Å². The molecule has 0 saturated carbocycles. The number of halogens is 1. The van der Waals surface area contributed by atoms with Gasteiger partial charge in [0.15, 0.2) is 0 Å². The third-order valence-electron chi connectivity index (χ3n) is 1.76. The fraction of sp³-hybridized carbons (Fsp3) is 0. The fourth-order valence-electron chi connectivity index (χ4n) is 1.08. The summed E-state index contributed by atoms with van der Waals surface area (Å²) in [6.45, 7) is 0. The number of hydrogen-bond donors (Lipinski definition) is 2. The van der Waals surface area contributed by atoms with E-state index < -0.39 is 0 Å². The summed E-state index contributed by atoms with van der Waals surface area (Å²) >= 11 is 4.93. The minimum Gasteiger partial charge on any atom is -0.320 e. The van der Waals surface area contributed by atoms with Gasteiger partial charge in [0.25, 0.3) is 0 Å². The molecule has 2 rings (SSSR count). The number of rotatable bonds is 3. The number of carbonyl (C=O) groups is 1. The number of H-pyrrole nitrogens is 1. The highest BCUT2D eigenvalue weighted by atomic mass is 79.9. The molecule has 2 aromatic heterocycles. The van der Waals surface area contributed by atoms with Crippen molar-refractivity contribution in [3.63, 3.8) is 0 Å². The quantitative estimate of drug-likeness (QED) is 0.856. The molecule has 2 aromatic rings. The van der Waals surface area contributed by atoms with Crippen LogP contribution in [-0.4, -0.2) is 16.1 Å². The molecule has 0 aromatic carbocycles. The third-order valence-corrected chi connectivity index (χ3v) is 3.35. The van der Waals surface area contributed by atoms with Gasteiger partial charge in [-0.25, -0.2) is 0 Å². The highest BCUT2D eigenvalue weighted by Gasteiger charge is 1.98. The summed E-state index contributed by atoms with van der Waals surface area (Å²) < 4.78 is 1.04. The maximum atomic E-state index is 11.4. The molecule has 4 nitrogen and oxygen atoms in total. The van der Waals surface area contributed by atoms with Gasteiger partial charge in [0.2, 0.25) is 5.91 Å². The highest BCUT2D eigenvalue weighted by Crippen LogP contribution is 2.22. The number of nitrogens with one attached hydrogen (secondary N) is 2. The second-order valence-corrected chi connectivity index (χ2v) is 5.45. The molecule has 2 N–H and O–H groups in total. The van der Waals surface area contributed by atoms with Crippen molar-refractivity contribution in [2.24, 2.45) is 0 Å². The number of aromatic nitrogens is 2. The molecule has 82 valence electrons. The number of carbonyl (C=O) groups excluding carboxylic acids is 1. The van der Waals surface area contributed by atoms with Crippen molar-refractivity contribution in [1.29, 1.82) is 0 Å². The van der Waals surface area contributed by atoms with E-state index in [1.165, 1.54) is 6.08 Å². The monoisotopic (exact) mass is 297 g/mol. The van der Waals surface area contributed by atoms with E-state index >= 15 is 0 Å². The van der Waals surface area contributed by atoms with Gasteiger partial charge in [0, 0.05) is 17.2 Å². The van der Waals surface area contributed by atoms with Crippen molar-refractivity contribution >= 4 is 44.9 Å². The standard InChI is InChI=1S/C10H8BrN3OS/c11-9-3-1-8(16-9)2-4-10(15)14-7-5-12-13-6-7/h1-6H,(H,12,13)(H,14,15)/b4-2+. The van der Waals surface area contributed by atoms with Crippen molar-refractivity contribution in [2.45, 2.75) is 0 Å². The molecule has 16 heavy (non-hydrogen) atoms. The lowest BCUT2D eigenvalue weighted by Gasteiger charge is -1.94. The second kappa shape index (κ2) is 5.09. The molecule has 0 aliphatic rings. The summed E-state index contributed by atoms with van der Waals surface area (Å²) in [4.78, 5) is 12.5. The van der Waals surface area contributed by atoms with Gasteiger partial charge in [-0.15, -0.1) is 11.3 Å². The van der Waals surface area contributed by atoms with Gasteiger partial charge in [-0.2, -0.15) is 5.10 Å². The van der Waals surface area contributed by atoms with Crippen LogP contribution >= 0.6 is 27.3 Å². The van der Waals surface area contributed by atoms with Gasteiger partial charge >= 0.3 is 0 Å². The molecule has 2 heterocycles. The van der Waals surface area contributed by atoms with Gasteiger partial charge in [-0.05, 0) is 34.1 Å². The maximum absolute atomic E-state index is 11.4. The Morgan fingerprint density at radius 2 is 2.44 bits per heavy atom.